The van der Waals surface area contributed by atoms with Crippen LogP contribution < -0.4 is 0 Å². The predicted octanol–water partition coefficient (Wildman–Crippen LogP) is 4.61. The van der Waals surface area contributed by atoms with E-state index in [1.807, 2.05) is 0 Å². The third-order valence-corrected chi connectivity index (χ3v) is 5.14. The molecule has 2 heterocycles. The number of thiophene rings is 1. The van der Waals surface area contributed by atoms with Gasteiger partial charge in [-0.1, -0.05) is 17.8 Å². The van der Waals surface area contributed by atoms with E-state index in [1.54, 1.807) is 17.5 Å². The van der Waals surface area contributed by atoms with Crippen LogP contribution in [0.1, 0.15) is 16.1 Å². The fourth-order valence-corrected chi connectivity index (χ4v) is 3.53. The summed E-state index contributed by atoms with van der Waals surface area (Å²) in [6.45, 7) is 0. The van der Waals surface area contributed by atoms with Crippen molar-refractivity contribution in [2.24, 2.45) is 0 Å². The summed E-state index contributed by atoms with van der Waals surface area (Å²) in [5.41, 5.74) is -0.842. The molecule has 10 heteroatoms. The number of phenols is 2. The first kappa shape index (κ1) is 19.2. The number of alkyl halides is 3. The number of halogens is 3. The van der Waals surface area contributed by atoms with E-state index < -0.39 is 23.4 Å². The van der Waals surface area contributed by atoms with Gasteiger partial charge in [-0.2, -0.15) is 13.2 Å². The van der Waals surface area contributed by atoms with Crippen LogP contribution in [0.2, 0.25) is 0 Å². The molecule has 3 rings (SSSR count). The van der Waals surface area contributed by atoms with Gasteiger partial charge in [-0.25, -0.2) is 9.97 Å². The summed E-state index contributed by atoms with van der Waals surface area (Å²) < 4.78 is 39.4. The van der Waals surface area contributed by atoms with E-state index in [0.717, 1.165) is 30.0 Å². The summed E-state index contributed by atoms with van der Waals surface area (Å²) >= 11 is 2.01. The molecule has 0 bridgehead atoms. The number of aromatic nitrogens is 2. The molecule has 5 nitrogen and oxygen atoms in total. The van der Waals surface area contributed by atoms with Gasteiger partial charge in [0, 0.05) is 5.56 Å². The molecule has 140 valence electrons. The zero-order valence-electron chi connectivity index (χ0n) is 13.4. The predicted molar refractivity (Wildman–Crippen MR) is 95.2 cm³/mol. The van der Waals surface area contributed by atoms with Gasteiger partial charge in [-0.3, -0.25) is 4.79 Å². The number of phenolic OH excluding ortho intramolecular Hbond substituents is 2. The van der Waals surface area contributed by atoms with Gasteiger partial charge in [-0.05, 0) is 35.7 Å². The van der Waals surface area contributed by atoms with E-state index in [-0.39, 0.29) is 27.9 Å². The van der Waals surface area contributed by atoms with Crippen LogP contribution >= 0.6 is 23.1 Å². The van der Waals surface area contributed by atoms with Gasteiger partial charge < -0.3 is 10.2 Å². The molecule has 0 saturated carbocycles. The molecule has 0 aliphatic rings. The first-order valence-corrected chi connectivity index (χ1v) is 9.28. The Morgan fingerprint density at radius 3 is 2.52 bits per heavy atom. The first-order valence-electron chi connectivity index (χ1n) is 7.42. The van der Waals surface area contributed by atoms with Crippen LogP contribution in [0, 0.1) is 0 Å². The second-order valence-corrected chi connectivity index (χ2v) is 7.20. The minimum atomic E-state index is -4.64. The molecular weight excluding hydrogens is 401 g/mol. The highest BCUT2D eigenvalue weighted by Crippen LogP contribution is 2.33. The molecule has 0 aliphatic carbocycles. The lowest BCUT2D eigenvalue weighted by molar-refractivity contribution is -0.141. The van der Waals surface area contributed by atoms with Gasteiger partial charge in [0.25, 0.3) is 0 Å². The molecule has 0 atom stereocenters. The normalized spacial score (nSPS) is 11.5. The zero-order valence-corrected chi connectivity index (χ0v) is 15.0. The van der Waals surface area contributed by atoms with E-state index in [0.29, 0.717) is 4.88 Å². The van der Waals surface area contributed by atoms with Gasteiger partial charge in [0.15, 0.2) is 22.4 Å². The Morgan fingerprint density at radius 2 is 1.89 bits per heavy atom. The Hall–Kier alpha value is -2.59. The zero-order chi connectivity index (χ0) is 19.6. The summed E-state index contributed by atoms with van der Waals surface area (Å²) in [7, 11) is 0. The van der Waals surface area contributed by atoms with E-state index >= 15 is 0 Å². The lowest BCUT2D eigenvalue weighted by Crippen LogP contribution is -2.10. The Balaban J connectivity index is 1.84. The maximum atomic E-state index is 13.1. The summed E-state index contributed by atoms with van der Waals surface area (Å²) in [6, 6.07) is 7.76. The highest BCUT2D eigenvalue weighted by molar-refractivity contribution is 7.99. The fraction of sp³-hybridized carbons (Fsp3) is 0.118. The number of benzene rings is 1. The summed E-state index contributed by atoms with van der Waals surface area (Å²) in [4.78, 5) is 20.4. The van der Waals surface area contributed by atoms with Crippen molar-refractivity contribution in [1.82, 2.24) is 9.97 Å². The first-order chi connectivity index (χ1) is 12.7. The van der Waals surface area contributed by atoms with Crippen molar-refractivity contribution in [1.29, 1.82) is 0 Å². The lowest BCUT2D eigenvalue weighted by atomic mass is 10.1. The topological polar surface area (TPSA) is 83.3 Å². The van der Waals surface area contributed by atoms with Gasteiger partial charge >= 0.3 is 6.18 Å². The van der Waals surface area contributed by atoms with Crippen molar-refractivity contribution in [2.75, 3.05) is 5.75 Å². The van der Waals surface area contributed by atoms with Crippen LogP contribution in [0.4, 0.5) is 13.2 Å². The van der Waals surface area contributed by atoms with Crippen molar-refractivity contribution in [3.8, 4) is 22.1 Å². The monoisotopic (exact) mass is 412 g/mol. The molecule has 2 N–H and O–H groups in total. The molecule has 0 spiro atoms. The van der Waals surface area contributed by atoms with Crippen LogP contribution in [-0.4, -0.2) is 31.7 Å². The summed E-state index contributed by atoms with van der Waals surface area (Å²) in [5, 5.41) is 20.3. The molecule has 0 radical (unpaired) electrons. The minimum absolute atomic E-state index is 0.114. The van der Waals surface area contributed by atoms with E-state index in [4.69, 9.17) is 0 Å². The summed E-state index contributed by atoms with van der Waals surface area (Å²) in [6.07, 6.45) is -4.64. The molecule has 0 aliphatic heterocycles. The lowest BCUT2D eigenvalue weighted by Gasteiger charge is -2.09. The molecule has 2 aromatic heterocycles. The second kappa shape index (κ2) is 7.57. The van der Waals surface area contributed by atoms with Crippen LogP contribution in [0.15, 0.2) is 46.9 Å². The van der Waals surface area contributed by atoms with Crippen LogP contribution in [0.5, 0.6) is 11.5 Å². The number of hydrogen-bond donors (Lipinski definition) is 2. The molecular formula is C17H11F3N2O3S2. The average Bonchev–Trinajstić information content (AvgIpc) is 3.16. The second-order valence-electron chi connectivity index (χ2n) is 5.31. The number of hydrogen-bond acceptors (Lipinski definition) is 7. The van der Waals surface area contributed by atoms with Crippen molar-refractivity contribution in [2.45, 2.75) is 11.3 Å². The number of carbonyl (C=O) groups is 1. The molecule has 3 aromatic rings. The van der Waals surface area contributed by atoms with E-state index in [9.17, 15) is 28.2 Å². The average molecular weight is 412 g/mol. The van der Waals surface area contributed by atoms with Crippen LogP contribution in [0.25, 0.3) is 10.6 Å². The number of rotatable bonds is 5. The van der Waals surface area contributed by atoms with Crippen molar-refractivity contribution in [3.05, 3.63) is 53.0 Å². The van der Waals surface area contributed by atoms with Gasteiger partial charge in [0.1, 0.15) is 5.69 Å². The number of thioether (sulfide) groups is 1. The SMILES string of the molecule is O=C(CSc1nc(-c2cccs2)cc(C(F)(F)F)n1)c1ccc(O)c(O)c1. The quantitative estimate of drug-likeness (QED) is 0.276. The Kier molecular flexibility index (Phi) is 5.38. The van der Waals surface area contributed by atoms with Crippen LogP contribution in [-0.2, 0) is 6.18 Å². The third-order valence-electron chi connectivity index (χ3n) is 3.40. The van der Waals surface area contributed by atoms with Gasteiger partial charge in [0.2, 0.25) is 0 Å². The van der Waals surface area contributed by atoms with Crippen molar-refractivity contribution < 1.29 is 28.2 Å². The number of ketones is 1. The Bertz CT molecular complexity index is 976. The maximum Gasteiger partial charge on any atom is 0.433 e. The van der Waals surface area contributed by atoms with E-state index in [2.05, 4.69) is 9.97 Å². The largest absolute Gasteiger partial charge is 0.504 e. The number of nitrogens with zero attached hydrogens (tertiary/aromatic N) is 2. The Labute approximate surface area is 159 Å². The smallest absolute Gasteiger partial charge is 0.433 e. The maximum absolute atomic E-state index is 13.1. The standard InChI is InChI=1S/C17H11F3N2O3S2/c18-17(19,20)15-7-10(14-2-1-5-26-14)21-16(22-15)27-8-13(25)9-3-4-11(23)12(24)6-9/h1-7,23-24H,8H2. The summed E-state index contributed by atoms with van der Waals surface area (Å²) in [5.74, 6) is -1.51. The Morgan fingerprint density at radius 1 is 1.11 bits per heavy atom. The fourth-order valence-electron chi connectivity index (χ4n) is 2.10. The molecule has 0 fully saturated rings. The molecule has 0 amide bonds. The number of carbonyl (C=O) groups excluding carboxylic acids is 1. The van der Waals surface area contributed by atoms with E-state index in [1.165, 1.54) is 17.4 Å². The van der Waals surface area contributed by atoms with Gasteiger partial charge in [-0.15, -0.1) is 11.3 Å². The highest BCUT2D eigenvalue weighted by Gasteiger charge is 2.34. The molecule has 0 unspecified atom stereocenters. The number of aromatic hydroxyl groups is 2. The third kappa shape index (κ3) is 4.58. The minimum Gasteiger partial charge on any atom is -0.504 e. The molecule has 27 heavy (non-hydrogen) atoms. The molecule has 0 saturated heterocycles. The molecule has 1 aromatic carbocycles. The number of Topliss-reactive ketones (excluding diaryl/α,β-unsaturated/α-hetero) is 1. The van der Waals surface area contributed by atoms with Crippen LogP contribution in [0.3, 0.4) is 0 Å². The van der Waals surface area contributed by atoms with Crippen molar-refractivity contribution >= 4 is 28.9 Å². The van der Waals surface area contributed by atoms with Crippen molar-refractivity contribution in [3.63, 3.8) is 0 Å². The van der Waals surface area contributed by atoms with Gasteiger partial charge in [0.05, 0.1) is 16.3 Å². The highest BCUT2D eigenvalue weighted by atomic mass is 32.2.